The predicted molar refractivity (Wildman–Crippen MR) is 95.6 cm³/mol. The topological polar surface area (TPSA) is 75.4 Å². The highest BCUT2D eigenvalue weighted by Gasteiger charge is 2.26. The van der Waals surface area contributed by atoms with Gasteiger partial charge in [0, 0.05) is 37.7 Å². The summed E-state index contributed by atoms with van der Waals surface area (Å²) in [5.41, 5.74) is 1.47. The van der Waals surface area contributed by atoms with Crippen LogP contribution in [0.2, 0.25) is 0 Å². The lowest BCUT2D eigenvalue weighted by atomic mass is 9.96. The molecule has 1 N–H and O–H groups in total. The third-order valence-corrected chi connectivity index (χ3v) is 4.41. The van der Waals surface area contributed by atoms with E-state index in [1.807, 2.05) is 31.2 Å². The predicted octanol–water partition coefficient (Wildman–Crippen LogP) is 2.61. The van der Waals surface area contributed by atoms with Crippen LogP contribution in [0.15, 0.2) is 34.8 Å². The van der Waals surface area contributed by atoms with E-state index in [1.165, 1.54) is 6.08 Å². The third-order valence-electron chi connectivity index (χ3n) is 4.41. The van der Waals surface area contributed by atoms with Crippen LogP contribution in [0.1, 0.15) is 32.1 Å². The monoisotopic (exact) mass is 341 g/mol. The zero-order chi connectivity index (χ0) is 17.6. The van der Waals surface area contributed by atoms with E-state index in [2.05, 4.69) is 10.3 Å². The highest BCUT2D eigenvalue weighted by molar-refractivity contribution is 5.91. The molecule has 2 heterocycles. The summed E-state index contributed by atoms with van der Waals surface area (Å²) >= 11 is 0. The van der Waals surface area contributed by atoms with E-state index in [1.54, 1.807) is 11.0 Å². The van der Waals surface area contributed by atoms with Gasteiger partial charge in [-0.05, 0) is 31.4 Å². The van der Waals surface area contributed by atoms with E-state index in [0.717, 1.165) is 11.9 Å². The molecule has 132 valence electrons. The van der Waals surface area contributed by atoms with Gasteiger partial charge in [-0.1, -0.05) is 19.1 Å². The number of amides is 2. The zero-order valence-electron chi connectivity index (χ0n) is 14.4. The molecule has 0 unspecified atom stereocenters. The number of fused-ring (bicyclic) bond motifs is 1. The minimum Gasteiger partial charge on any atom is -0.437 e. The first-order valence-electron chi connectivity index (χ1n) is 8.77. The van der Waals surface area contributed by atoms with Gasteiger partial charge in [-0.3, -0.25) is 9.59 Å². The number of para-hydroxylation sites is 2. The van der Waals surface area contributed by atoms with Crippen molar-refractivity contribution in [2.75, 3.05) is 19.6 Å². The van der Waals surface area contributed by atoms with E-state index in [-0.39, 0.29) is 17.7 Å². The average Bonchev–Trinajstić information content (AvgIpc) is 3.07. The third kappa shape index (κ3) is 4.26. The molecule has 1 aromatic heterocycles. The van der Waals surface area contributed by atoms with Gasteiger partial charge >= 0.3 is 0 Å². The van der Waals surface area contributed by atoms with Crippen LogP contribution in [0, 0.1) is 5.92 Å². The lowest BCUT2D eigenvalue weighted by Gasteiger charge is -2.30. The average molecular weight is 341 g/mol. The summed E-state index contributed by atoms with van der Waals surface area (Å²) in [6.45, 7) is 3.94. The molecule has 0 bridgehead atoms. The SMILES string of the molecule is CCCNC(=O)C1CCN(C(=O)/C=C/c2nc3ccccc3o2)CC1. The number of nitrogens with zero attached hydrogens (tertiary/aromatic N) is 2. The first-order chi connectivity index (χ1) is 12.2. The molecule has 0 saturated carbocycles. The molecule has 1 fully saturated rings. The second-order valence-electron chi connectivity index (χ2n) is 6.24. The maximum absolute atomic E-state index is 12.3. The molecule has 2 aromatic rings. The number of nitrogens with one attached hydrogen (secondary N) is 1. The summed E-state index contributed by atoms with van der Waals surface area (Å²) in [5, 5.41) is 2.93. The number of likely N-dealkylation sites (tertiary alicyclic amines) is 1. The molecule has 6 heteroatoms. The second kappa shape index (κ2) is 7.96. The van der Waals surface area contributed by atoms with Crippen molar-refractivity contribution in [2.45, 2.75) is 26.2 Å². The number of rotatable bonds is 5. The van der Waals surface area contributed by atoms with Gasteiger partial charge in [0.25, 0.3) is 0 Å². The van der Waals surface area contributed by atoms with E-state index in [4.69, 9.17) is 4.42 Å². The summed E-state index contributed by atoms with van der Waals surface area (Å²) in [6.07, 6.45) is 5.43. The normalized spacial score (nSPS) is 15.8. The molecular formula is C19H23N3O3. The molecule has 0 spiro atoms. The van der Waals surface area contributed by atoms with Gasteiger partial charge in [0.1, 0.15) is 5.52 Å². The fourth-order valence-electron chi connectivity index (χ4n) is 2.96. The van der Waals surface area contributed by atoms with Crippen LogP contribution in [0.3, 0.4) is 0 Å². The van der Waals surface area contributed by atoms with Crippen LogP contribution in [0.5, 0.6) is 0 Å². The molecular weight excluding hydrogens is 318 g/mol. The van der Waals surface area contributed by atoms with Gasteiger partial charge in [-0.2, -0.15) is 0 Å². The van der Waals surface area contributed by atoms with Crippen molar-refractivity contribution in [3.63, 3.8) is 0 Å². The largest absolute Gasteiger partial charge is 0.437 e. The van der Waals surface area contributed by atoms with Gasteiger partial charge in [-0.25, -0.2) is 4.98 Å². The number of benzene rings is 1. The number of piperidine rings is 1. The van der Waals surface area contributed by atoms with Crippen LogP contribution in [-0.4, -0.2) is 41.3 Å². The van der Waals surface area contributed by atoms with E-state index >= 15 is 0 Å². The molecule has 2 amide bonds. The molecule has 0 atom stereocenters. The molecule has 1 aromatic carbocycles. The number of hydrogen-bond donors (Lipinski definition) is 1. The van der Waals surface area contributed by atoms with E-state index in [9.17, 15) is 9.59 Å². The van der Waals surface area contributed by atoms with Crippen LogP contribution in [-0.2, 0) is 9.59 Å². The van der Waals surface area contributed by atoms with Gasteiger partial charge in [-0.15, -0.1) is 0 Å². The second-order valence-corrected chi connectivity index (χ2v) is 6.24. The van der Waals surface area contributed by atoms with Crippen molar-refractivity contribution in [1.29, 1.82) is 0 Å². The number of oxazole rings is 1. The van der Waals surface area contributed by atoms with Gasteiger partial charge < -0.3 is 14.6 Å². The number of hydrogen-bond acceptors (Lipinski definition) is 4. The summed E-state index contributed by atoms with van der Waals surface area (Å²) in [4.78, 5) is 30.4. The summed E-state index contributed by atoms with van der Waals surface area (Å²) in [5.74, 6) is 0.464. The first-order valence-corrected chi connectivity index (χ1v) is 8.77. The fourth-order valence-corrected chi connectivity index (χ4v) is 2.96. The lowest BCUT2D eigenvalue weighted by Crippen LogP contribution is -2.42. The Morgan fingerprint density at radius 2 is 2.08 bits per heavy atom. The maximum atomic E-state index is 12.3. The smallest absolute Gasteiger partial charge is 0.246 e. The van der Waals surface area contributed by atoms with Crippen molar-refractivity contribution in [2.24, 2.45) is 5.92 Å². The minimum atomic E-state index is -0.0744. The molecule has 1 aliphatic heterocycles. The summed E-state index contributed by atoms with van der Waals surface area (Å²) in [7, 11) is 0. The first kappa shape index (κ1) is 17.2. The molecule has 0 aliphatic carbocycles. The van der Waals surface area contributed by atoms with Crippen molar-refractivity contribution >= 4 is 29.0 Å². The highest BCUT2D eigenvalue weighted by atomic mass is 16.3. The van der Waals surface area contributed by atoms with Gasteiger partial charge in [0.05, 0.1) is 0 Å². The molecule has 6 nitrogen and oxygen atoms in total. The molecule has 1 aliphatic rings. The lowest BCUT2D eigenvalue weighted by molar-refractivity contribution is -0.132. The minimum absolute atomic E-state index is 0.0108. The van der Waals surface area contributed by atoms with Crippen LogP contribution >= 0.6 is 0 Å². The Bertz CT molecular complexity index is 740. The Balaban J connectivity index is 1.53. The quantitative estimate of drug-likeness (QED) is 0.848. The van der Waals surface area contributed by atoms with E-state index < -0.39 is 0 Å². The molecule has 25 heavy (non-hydrogen) atoms. The standard InChI is InChI=1S/C19H23N3O3/c1-2-11-20-19(24)14-9-12-22(13-10-14)18(23)8-7-17-21-15-5-3-4-6-16(15)25-17/h3-8,14H,2,9-13H2,1H3,(H,20,24)/b8-7+. The Kier molecular flexibility index (Phi) is 5.48. The van der Waals surface area contributed by atoms with Crippen molar-refractivity contribution in [3.8, 4) is 0 Å². The Morgan fingerprint density at radius 3 is 2.80 bits per heavy atom. The van der Waals surface area contributed by atoms with Crippen LogP contribution < -0.4 is 5.32 Å². The Labute approximate surface area is 146 Å². The fraction of sp³-hybridized carbons (Fsp3) is 0.421. The van der Waals surface area contributed by atoms with Crippen LogP contribution in [0.25, 0.3) is 17.2 Å². The van der Waals surface area contributed by atoms with Gasteiger partial charge in [0.15, 0.2) is 5.58 Å². The van der Waals surface area contributed by atoms with Crippen molar-refractivity contribution in [3.05, 3.63) is 36.2 Å². The number of carbonyl (C=O) groups is 2. The highest BCUT2D eigenvalue weighted by Crippen LogP contribution is 2.19. The van der Waals surface area contributed by atoms with Crippen molar-refractivity contribution in [1.82, 2.24) is 15.2 Å². The summed E-state index contributed by atoms with van der Waals surface area (Å²) in [6, 6.07) is 7.49. The molecule has 3 rings (SSSR count). The van der Waals surface area contributed by atoms with Gasteiger partial charge in [0.2, 0.25) is 17.7 Å². The Morgan fingerprint density at radius 1 is 1.32 bits per heavy atom. The molecule has 1 saturated heterocycles. The number of aromatic nitrogens is 1. The Hall–Kier alpha value is -2.63. The molecule has 0 radical (unpaired) electrons. The van der Waals surface area contributed by atoms with Crippen molar-refractivity contribution < 1.29 is 14.0 Å². The number of carbonyl (C=O) groups excluding carboxylic acids is 2. The zero-order valence-corrected chi connectivity index (χ0v) is 14.4. The van der Waals surface area contributed by atoms with E-state index in [0.29, 0.717) is 43.9 Å². The van der Waals surface area contributed by atoms with Crippen LogP contribution in [0.4, 0.5) is 0 Å². The summed E-state index contributed by atoms with van der Waals surface area (Å²) < 4.78 is 5.57. The maximum Gasteiger partial charge on any atom is 0.246 e.